The van der Waals surface area contributed by atoms with E-state index in [9.17, 15) is 0 Å². The highest BCUT2D eigenvalue weighted by atomic mass is 32.2. The van der Waals surface area contributed by atoms with Crippen LogP contribution in [0.25, 0.3) is 0 Å². The monoisotopic (exact) mass is 253 g/mol. The van der Waals surface area contributed by atoms with Gasteiger partial charge >= 0.3 is 0 Å². The molecule has 0 bridgehead atoms. The van der Waals surface area contributed by atoms with Crippen LogP contribution in [-0.4, -0.2) is 33.1 Å². The maximum absolute atomic E-state index is 9.00. The summed E-state index contributed by atoms with van der Waals surface area (Å²) in [6.07, 6.45) is 1.81. The number of nitrogens with zero attached hydrogens (tertiary/aromatic N) is 4. The van der Waals surface area contributed by atoms with Crippen LogP contribution in [0, 0.1) is 18.3 Å². The summed E-state index contributed by atoms with van der Waals surface area (Å²) in [7, 11) is 3.78. The van der Waals surface area contributed by atoms with Crippen LogP contribution in [0.1, 0.15) is 25.6 Å². The van der Waals surface area contributed by atoms with Gasteiger partial charge in [-0.2, -0.15) is 5.26 Å². The Labute approximate surface area is 107 Å². The van der Waals surface area contributed by atoms with E-state index < -0.39 is 5.54 Å². The standard InChI is InChI=1S/C11H19N5S/c1-9-14-15-10(16(9)4)17-7-5-6-11(2,8-12)13-3/h13H,5-7H2,1-4H3. The molecule has 1 N–H and O–H groups in total. The largest absolute Gasteiger partial charge is 0.309 e. The zero-order valence-corrected chi connectivity index (χ0v) is 11.6. The van der Waals surface area contributed by atoms with Crippen molar-refractivity contribution in [3.8, 4) is 6.07 Å². The summed E-state index contributed by atoms with van der Waals surface area (Å²) in [6, 6.07) is 2.29. The zero-order valence-electron chi connectivity index (χ0n) is 10.8. The smallest absolute Gasteiger partial charge is 0.190 e. The third-order valence-corrected chi connectivity index (χ3v) is 4.01. The molecule has 0 aromatic carbocycles. The first-order chi connectivity index (χ1) is 8.02. The second-order valence-corrected chi connectivity index (χ2v) is 5.30. The number of nitriles is 1. The maximum atomic E-state index is 9.00. The summed E-state index contributed by atoms with van der Waals surface area (Å²) < 4.78 is 1.98. The van der Waals surface area contributed by atoms with Gasteiger partial charge in [0.15, 0.2) is 5.16 Å². The van der Waals surface area contributed by atoms with E-state index in [1.54, 1.807) is 11.8 Å². The number of rotatable bonds is 6. The van der Waals surface area contributed by atoms with Gasteiger partial charge in [-0.1, -0.05) is 11.8 Å². The van der Waals surface area contributed by atoms with Crippen molar-refractivity contribution in [3.63, 3.8) is 0 Å². The third-order valence-electron chi connectivity index (χ3n) is 2.90. The first-order valence-corrected chi connectivity index (χ1v) is 6.60. The van der Waals surface area contributed by atoms with Crippen LogP contribution in [0.15, 0.2) is 5.16 Å². The fraction of sp³-hybridized carbons (Fsp3) is 0.727. The second kappa shape index (κ2) is 6.03. The van der Waals surface area contributed by atoms with E-state index in [-0.39, 0.29) is 0 Å². The number of aromatic nitrogens is 3. The van der Waals surface area contributed by atoms with E-state index in [4.69, 9.17) is 5.26 Å². The Hall–Kier alpha value is -1.06. The molecule has 0 fully saturated rings. The number of thioether (sulfide) groups is 1. The van der Waals surface area contributed by atoms with Crippen molar-refractivity contribution >= 4 is 11.8 Å². The van der Waals surface area contributed by atoms with Crippen LogP contribution in [0.2, 0.25) is 0 Å². The average molecular weight is 253 g/mol. The highest BCUT2D eigenvalue weighted by Crippen LogP contribution is 2.19. The minimum Gasteiger partial charge on any atom is -0.309 e. The van der Waals surface area contributed by atoms with Gasteiger partial charge in [0.1, 0.15) is 11.4 Å². The molecule has 0 saturated carbocycles. The van der Waals surface area contributed by atoms with E-state index in [0.29, 0.717) is 0 Å². The summed E-state index contributed by atoms with van der Waals surface area (Å²) in [5.41, 5.74) is -0.420. The Balaban J connectivity index is 2.35. The Bertz CT molecular complexity index is 408. The van der Waals surface area contributed by atoms with Gasteiger partial charge in [-0.15, -0.1) is 10.2 Å². The summed E-state index contributed by atoms with van der Waals surface area (Å²) in [4.78, 5) is 0. The first kappa shape index (κ1) is 14.0. The second-order valence-electron chi connectivity index (χ2n) is 4.23. The average Bonchev–Trinajstić information content (AvgIpc) is 2.66. The van der Waals surface area contributed by atoms with E-state index in [0.717, 1.165) is 29.6 Å². The molecular formula is C11H19N5S. The molecule has 1 unspecified atom stereocenters. The van der Waals surface area contributed by atoms with Crippen molar-refractivity contribution in [1.29, 1.82) is 5.26 Å². The van der Waals surface area contributed by atoms with E-state index in [2.05, 4.69) is 21.6 Å². The Morgan fingerprint density at radius 1 is 1.53 bits per heavy atom. The van der Waals surface area contributed by atoms with E-state index in [1.165, 1.54) is 0 Å². The molecule has 6 heteroatoms. The van der Waals surface area contributed by atoms with Crippen LogP contribution in [0.5, 0.6) is 0 Å². The lowest BCUT2D eigenvalue weighted by molar-refractivity contribution is 0.451. The lowest BCUT2D eigenvalue weighted by Gasteiger charge is -2.19. The molecule has 94 valence electrons. The fourth-order valence-corrected chi connectivity index (χ4v) is 2.23. The molecule has 1 rings (SSSR count). The fourth-order valence-electron chi connectivity index (χ4n) is 1.34. The van der Waals surface area contributed by atoms with E-state index >= 15 is 0 Å². The van der Waals surface area contributed by atoms with Gasteiger partial charge < -0.3 is 9.88 Å². The molecule has 0 aliphatic rings. The molecule has 17 heavy (non-hydrogen) atoms. The van der Waals surface area contributed by atoms with Gasteiger partial charge in [0.05, 0.1) is 6.07 Å². The van der Waals surface area contributed by atoms with Crippen molar-refractivity contribution in [2.75, 3.05) is 12.8 Å². The van der Waals surface area contributed by atoms with Crippen LogP contribution in [0.4, 0.5) is 0 Å². The van der Waals surface area contributed by atoms with Crippen LogP contribution in [0.3, 0.4) is 0 Å². The van der Waals surface area contributed by atoms with Gasteiger partial charge in [0.25, 0.3) is 0 Å². The molecule has 1 aromatic heterocycles. The molecule has 0 amide bonds. The van der Waals surface area contributed by atoms with Gasteiger partial charge in [0, 0.05) is 12.8 Å². The van der Waals surface area contributed by atoms with Crippen molar-refractivity contribution in [3.05, 3.63) is 5.82 Å². The lowest BCUT2D eigenvalue weighted by atomic mass is 9.99. The minimum atomic E-state index is -0.420. The molecule has 1 aromatic rings. The number of hydrogen-bond acceptors (Lipinski definition) is 5. The molecule has 1 atom stereocenters. The van der Waals surface area contributed by atoms with Crippen molar-refractivity contribution in [2.45, 2.75) is 37.4 Å². The van der Waals surface area contributed by atoms with Gasteiger partial charge in [-0.05, 0) is 33.7 Å². The van der Waals surface area contributed by atoms with Crippen molar-refractivity contribution in [2.24, 2.45) is 7.05 Å². The number of nitrogens with one attached hydrogen (secondary N) is 1. The molecule has 1 heterocycles. The third kappa shape index (κ3) is 3.72. The normalized spacial score (nSPS) is 14.3. The predicted octanol–water partition coefficient (Wildman–Crippen LogP) is 1.50. The highest BCUT2D eigenvalue weighted by molar-refractivity contribution is 7.99. The summed E-state index contributed by atoms with van der Waals surface area (Å²) in [6.45, 7) is 3.86. The predicted molar refractivity (Wildman–Crippen MR) is 68.8 cm³/mol. The molecule has 0 saturated heterocycles. The highest BCUT2D eigenvalue weighted by Gasteiger charge is 2.20. The summed E-state index contributed by atoms with van der Waals surface area (Å²) >= 11 is 1.68. The molecule has 5 nitrogen and oxygen atoms in total. The van der Waals surface area contributed by atoms with Crippen LogP contribution >= 0.6 is 11.8 Å². The van der Waals surface area contributed by atoms with Crippen LogP contribution < -0.4 is 5.32 Å². The zero-order chi connectivity index (χ0) is 12.9. The van der Waals surface area contributed by atoms with Gasteiger partial charge in [0.2, 0.25) is 0 Å². The van der Waals surface area contributed by atoms with E-state index in [1.807, 2.05) is 32.5 Å². The molecular weight excluding hydrogens is 234 g/mol. The first-order valence-electron chi connectivity index (χ1n) is 5.61. The molecule has 0 aliphatic carbocycles. The Morgan fingerprint density at radius 3 is 2.71 bits per heavy atom. The Morgan fingerprint density at radius 2 is 2.24 bits per heavy atom. The summed E-state index contributed by atoms with van der Waals surface area (Å²) in [5.74, 6) is 1.87. The molecule has 0 spiro atoms. The molecule has 0 radical (unpaired) electrons. The van der Waals surface area contributed by atoms with Crippen molar-refractivity contribution < 1.29 is 0 Å². The maximum Gasteiger partial charge on any atom is 0.190 e. The Kier molecular flexibility index (Phi) is 4.97. The minimum absolute atomic E-state index is 0.420. The van der Waals surface area contributed by atoms with Gasteiger partial charge in [-0.25, -0.2) is 0 Å². The number of aryl methyl sites for hydroxylation is 1. The number of hydrogen-bond donors (Lipinski definition) is 1. The summed E-state index contributed by atoms with van der Waals surface area (Å²) in [5, 5.41) is 21.1. The van der Waals surface area contributed by atoms with Crippen LogP contribution in [-0.2, 0) is 7.05 Å². The quantitative estimate of drug-likeness (QED) is 0.614. The SMILES string of the molecule is CNC(C)(C#N)CCCSc1nnc(C)n1C. The lowest BCUT2D eigenvalue weighted by Crippen LogP contribution is -2.37. The molecule has 0 aliphatic heterocycles. The van der Waals surface area contributed by atoms with Crippen molar-refractivity contribution in [1.82, 2.24) is 20.1 Å². The van der Waals surface area contributed by atoms with Gasteiger partial charge in [-0.3, -0.25) is 0 Å². The topological polar surface area (TPSA) is 66.5 Å².